The van der Waals surface area contributed by atoms with Crippen molar-refractivity contribution in [2.24, 2.45) is 16.5 Å². The van der Waals surface area contributed by atoms with E-state index >= 15 is 0 Å². The molecule has 1 aliphatic rings. The lowest BCUT2D eigenvalue weighted by molar-refractivity contribution is 0.132. The van der Waals surface area contributed by atoms with Crippen molar-refractivity contribution in [2.75, 3.05) is 32.7 Å². The number of likely N-dealkylation sites (N-methyl/N-ethyl adjacent to an activating group) is 1. The number of guanidine groups is 1. The zero-order valence-electron chi connectivity index (χ0n) is 12.3. The van der Waals surface area contributed by atoms with Crippen molar-refractivity contribution in [3.05, 3.63) is 35.4 Å². The van der Waals surface area contributed by atoms with Crippen molar-refractivity contribution in [3.8, 4) is 0 Å². The normalized spacial score (nSPS) is 17.1. The van der Waals surface area contributed by atoms with Gasteiger partial charge in [-0.05, 0) is 17.7 Å². The van der Waals surface area contributed by atoms with Gasteiger partial charge in [-0.25, -0.2) is 4.99 Å². The molecule has 0 aromatic heterocycles. The van der Waals surface area contributed by atoms with Gasteiger partial charge in [0.25, 0.3) is 0 Å². The quantitative estimate of drug-likeness (QED) is 0.610. The van der Waals surface area contributed by atoms with Crippen LogP contribution in [0.15, 0.2) is 29.3 Å². The van der Waals surface area contributed by atoms with Crippen molar-refractivity contribution in [3.63, 3.8) is 0 Å². The molecule has 1 fully saturated rings. The monoisotopic (exact) mass is 275 g/mol. The van der Waals surface area contributed by atoms with Crippen molar-refractivity contribution < 1.29 is 0 Å². The molecule has 1 aromatic rings. The molecule has 0 radical (unpaired) electrons. The lowest BCUT2D eigenvalue weighted by Crippen LogP contribution is -2.45. The maximum absolute atomic E-state index is 5.33. The number of piperazine rings is 1. The summed E-state index contributed by atoms with van der Waals surface area (Å²) in [4.78, 5) is 9.02. The highest BCUT2D eigenvalue weighted by Gasteiger charge is 2.15. The van der Waals surface area contributed by atoms with Crippen LogP contribution in [0, 0.1) is 0 Å². The van der Waals surface area contributed by atoms with Crippen LogP contribution in [0.4, 0.5) is 0 Å². The van der Waals surface area contributed by atoms with Crippen molar-refractivity contribution in [1.29, 1.82) is 0 Å². The van der Waals surface area contributed by atoms with Crippen molar-refractivity contribution in [2.45, 2.75) is 20.0 Å². The lowest BCUT2D eigenvalue weighted by Gasteiger charge is -2.34. The second kappa shape index (κ2) is 7.26. The van der Waals surface area contributed by atoms with E-state index in [-0.39, 0.29) is 5.96 Å². The third-order valence-corrected chi connectivity index (χ3v) is 3.79. The van der Waals surface area contributed by atoms with E-state index in [9.17, 15) is 0 Å². The first kappa shape index (κ1) is 14.8. The second-order valence-electron chi connectivity index (χ2n) is 5.27. The molecule has 1 heterocycles. The molecule has 5 nitrogen and oxygen atoms in total. The van der Waals surface area contributed by atoms with Crippen LogP contribution in [0.3, 0.4) is 0 Å². The first-order chi connectivity index (χ1) is 9.67. The topological polar surface area (TPSA) is 70.9 Å². The molecule has 0 atom stereocenters. The number of aliphatic imine (C=N–C) groups is 1. The van der Waals surface area contributed by atoms with Gasteiger partial charge < -0.3 is 16.4 Å². The number of benzene rings is 1. The summed E-state index contributed by atoms with van der Waals surface area (Å²) >= 11 is 0. The Morgan fingerprint density at radius 2 is 1.55 bits per heavy atom. The summed E-state index contributed by atoms with van der Waals surface area (Å²) in [6.07, 6.45) is 0. The number of nitrogens with zero attached hydrogens (tertiary/aromatic N) is 3. The zero-order chi connectivity index (χ0) is 14.4. The van der Waals surface area contributed by atoms with E-state index in [2.05, 4.69) is 46.0 Å². The van der Waals surface area contributed by atoms with Gasteiger partial charge in [-0.15, -0.1) is 0 Å². The van der Waals surface area contributed by atoms with E-state index in [1.165, 1.54) is 18.7 Å². The van der Waals surface area contributed by atoms with Gasteiger partial charge >= 0.3 is 0 Å². The molecule has 0 aliphatic carbocycles. The molecular weight excluding hydrogens is 250 g/mol. The molecule has 5 heteroatoms. The summed E-state index contributed by atoms with van der Waals surface area (Å²) in [6.45, 7) is 9.64. The fourth-order valence-corrected chi connectivity index (χ4v) is 2.45. The van der Waals surface area contributed by atoms with Crippen LogP contribution in [0.2, 0.25) is 0 Å². The number of nitrogens with two attached hydrogens (primary N) is 2. The van der Waals surface area contributed by atoms with Crippen LogP contribution in [-0.2, 0) is 13.1 Å². The summed E-state index contributed by atoms with van der Waals surface area (Å²) in [5.41, 5.74) is 13.2. The molecule has 0 saturated carbocycles. The Morgan fingerprint density at radius 3 is 2.10 bits per heavy atom. The maximum atomic E-state index is 5.33. The van der Waals surface area contributed by atoms with Crippen LogP contribution in [0.1, 0.15) is 18.1 Å². The summed E-state index contributed by atoms with van der Waals surface area (Å²) < 4.78 is 0. The first-order valence-corrected chi connectivity index (χ1v) is 7.25. The summed E-state index contributed by atoms with van der Waals surface area (Å²) in [5.74, 6) is 0.142. The third-order valence-electron chi connectivity index (χ3n) is 3.79. The number of hydrogen-bond donors (Lipinski definition) is 2. The SMILES string of the molecule is CCN1CCN(Cc2ccc(CN=C(N)N)cc2)CC1. The third kappa shape index (κ3) is 4.51. The molecule has 0 unspecified atom stereocenters. The van der Waals surface area contributed by atoms with E-state index in [1.54, 1.807) is 0 Å². The van der Waals surface area contributed by atoms with E-state index in [1.807, 2.05) is 0 Å². The second-order valence-corrected chi connectivity index (χ2v) is 5.27. The molecule has 1 saturated heterocycles. The summed E-state index contributed by atoms with van der Waals surface area (Å²) in [6, 6.07) is 8.54. The minimum absolute atomic E-state index is 0.142. The Balaban J connectivity index is 1.83. The molecular formula is C15H25N5. The van der Waals surface area contributed by atoms with Gasteiger partial charge in [0.1, 0.15) is 0 Å². The van der Waals surface area contributed by atoms with E-state index in [0.717, 1.165) is 31.7 Å². The van der Waals surface area contributed by atoms with Gasteiger partial charge in [0.15, 0.2) is 5.96 Å². The van der Waals surface area contributed by atoms with Crippen molar-refractivity contribution in [1.82, 2.24) is 9.80 Å². The molecule has 1 aliphatic heterocycles. The highest BCUT2D eigenvalue weighted by molar-refractivity contribution is 5.75. The fraction of sp³-hybridized carbons (Fsp3) is 0.533. The van der Waals surface area contributed by atoms with Crippen molar-refractivity contribution >= 4 is 5.96 Å². The molecule has 0 spiro atoms. The number of hydrogen-bond acceptors (Lipinski definition) is 3. The Hall–Kier alpha value is -1.59. The molecule has 110 valence electrons. The van der Waals surface area contributed by atoms with Gasteiger partial charge in [-0.3, -0.25) is 4.90 Å². The van der Waals surface area contributed by atoms with Gasteiger partial charge in [0, 0.05) is 32.7 Å². The lowest BCUT2D eigenvalue weighted by atomic mass is 10.1. The Morgan fingerprint density at radius 1 is 1.00 bits per heavy atom. The minimum Gasteiger partial charge on any atom is -0.370 e. The Kier molecular flexibility index (Phi) is 5.38. The largest absolute Gasteiger partial charge is 0.370 e. The van der Waals surface area contributed by atoms with Crippen LogP contribution < -0.4 is 11.5 Å². The average molecular weight is 275 g/mol. The minimum atomic E-state index is 0.142. The molecule has 0 amide bonds. The van der Waals surface area contributed by atoms with Gasteiger partial charge in [0.2, 0.25) is 0 Å². The van der Waals surface area contributed by atoms with Crippen LogP contribution in [0.25, 0.3) is 0 Å². The van der Waals surface area contributed by atoms with Gasteiger partial charge in [-0.2, -0.15) is 0 Å². The van der Waals surface area contributed by atoms with E-state index in [0.29, 0.717) is 6.54 Å². The average Bonchev–Trinajstić information content (AvgIpc) is 2.47. The van der Waals surface area contributed by atoms with Gasteiger partial charge in [0.05, 0.1) is 6.54 Å². The fourth-order valence-electron chi connectivity index (χ4n) is 2.45. The highest BCUT2D eigenvalue weighted by Crippen LogP contribution is 2.10. The first-order valence-electron chi connectivity index (χ1n) is 7.25. The Bertz CT molecular complexity index is 428. The number of rotatable bonds is 5. The zero-order valence-corrected chi connectivity index (χ0v) is 12.3. The summed E-state index contributed by atoms with van der Waals surface area (Å²) in [7, 11) is 0. The van der Waals surface area contributed by atoms with Crippen LogP contribution >= 0.6 is 0 Å². The van der Waals surface area contributed by atoms with E-state index in [4.69, 9.17) is 11.5 Å². The smallest absolute Gasteiger partial charge is 0.186 e. The highest BCUT2D eigenvalue weighted by atomic mass is 15.3. The Labute approximate surface area is 121 Å². The standard InChI is InChI=1S/C15H25N5/c1-2-19-7-9-20(10-8-19)12-14-5-3-13(4-6-14)11-18-15(16)17/h3-6H,2,7-12H2,1H3,(H4,16,17,18). The molecule has 1 aromatic carbocycles. The predicted molar refractivity (Wildman–Crippen MR) is 83.3 cm³/mol. The predicted octanol–water partition coefficient (Wildman–Crippen LogP) is 0.598. The molecule has 0 bridgehead atoms. The molecule has 4 N–H and O–H groups in total. The van der Waals surface area contributed by atoms with Crippen LogP contribution in [-0.4, -0.2) is 48.5 Å². The van der Waals surface area contributed by atoms with Crippen LogP contribution in [0.5, 0.6) is 0 Å². The molecule has 20 heavy (non-hydrogen) atoms. The maximum Gasteiger partial charge on any atom is 0.186 e. The van der Waals surface area contributed by atoms with E-state index < -0.39 is 0 Å². The van der Waals surface area contributed by atoms with Gasteiger partial charge in [-0.1, -0.05) is 31.2 Å². The molecule has 2 rings (SSSR count). The summed E-state index contributed by atoms with van der Waals surface area (Å²) in [5, 5.41) is 0.